The topological polar surface area (TPSA) is 55.8 Å². The summed E-state index contributed by atoms with van der Waals surface area (Å²) in [6.45, 7) is 2.68. The van der Waals surface area contributed by atoms with E-state index in [4.69, 9.17) is 9.47 Å². The van der Waals surface area contributed by atoms with Crippen LogP contribution in [-0.2, 0) is 16.8 Å². The number of ether oxygens (including phenoxy) is 2. The summed E-state index contributed by atoms with van der Waals surface area (Å²) in [5, 5.41) is 10.1. The molecule has 0 bridgehead atoms. The van der Waals surface area contributed by atoms with Crippen LogP contribution >= 0.6 is 0 Å². The molecule has 4 heteroatoms. The van der Waals surface area contributed by atoms with E-state index in [9.17, 15) is 9.90 Å². The van der Waals surface area contributed by atoms with Crippen LogP contribution in [0, 0.1) is 0 Å². The first-order chi connectivity index (χ1) is 14.6. The second-order valence-corrected chi connectivity index (χ2v) is 7.74. The monoisotopic (exact) mass is 402 g/mol. The van der Waals surface area contributed by atoms with Gasteiger partial charge in [0.15, 0.2) is 0 Å². The van der Waals surface area contributed by atoms with Crippen molar-refractivity contribution in [2.75, 3.05) is 6.61 Å². The van der Waals surface area contributed by atoms with Gasteiger partial charge in [0, 0.05) is 5.41 Å². The maximum atomic E-state index is 11.9. The second-order valence-electron chi connectivity index (χ2n) is 7.74. The Bertz CT molecular complexity index is 972. The lowest BCUT2D eigenvalue weighted by molar-refractivity contribution is 0.0375. The molecule has 0 spiro atoms. The Balaban J connectivity index is 1.51. The number of aliphatic hydroxyl groups is 1. The largest absolute Gasteiger partial charge is 0.489 e. The van der Waals surface area contributed by atoms with Gasteiger partial charge in [-0.3, -0.25) is 0 Å². The highest BCUT2D eigenvalue weighted by Crippen LogP contribution is 2.49. The van der Waals surface area contributed by atoms with Crippen molar-refractivity contribution < 1.29 is 19.4 Å². The first-order valence-electron chi connectivity index (χ1n) is 10.3. The van der Waals surface area contributed by atoms with Gasteiger partial charge in [-0.15, -0.1) is 0 Å². The summed E-state index contributed by atoms with van der Waals surface area (Å²) in [5.41, 5.74) is 3.66. The van der Waals surface area contributed by atoms with Gasteiger partial charge in [-0.1, -0.05) is 54.6 Å². The van der Waals surface area contributed by atoms with E-state index in [-0.39, 0.29) is 17.5 Å². The zero-order valence-electron chi connectivity index (χ0n) is 17.1. The number of esters is 1. The molecule has 4 nitrogen and oxygen atoms in total. The van der Waals surface area contributed by atoms with Gasteiger partial charge in [0.05, 0.1) is 18.3 Å². The van der Waals surface area contributed by atoms with Crippen molar-refractivity contribution in [2.45, 2.75) is 37.9 Å². The van der Waals surface area contributed by atoms with E-state index >= 15 is 0 Å². The Labute approximate surface area is 177 Å². The van der Waals surface area contributed by atoms with Crippen LogP contribution in [0.2, 0.25) is 0 Å². The van der Waals surface area contributed by atoms with Gasteiger partial charge in [-0.2, -0.15) is 0 Å². The van der Waals surface area contributed by atoms with Crippen LogP contribution in [0.1, 0.15) is 46.8 Å². The molecule has 3 aromatic rings. The number of benzene rings is 3. The van der Waals surface area contributed by atoms with E-state index in [1.807, 2.05) is 54.6 Å². The first-order valence-corrected chi connectivity index (χ1v) is 10.3. The van der Waals surface area contributed by atoms with Crippen LogP contribution in [0.5, 0.6) is 5.75 Å². The molecule has 0 amide bonds. The molecule has 1 aliphatic carbocycles. The maximum absolute atomic E-state index is 11.9. The SMILES string of the molecule is CCOC(=O)c1ccc(C2(c3ccc(OCc4ccccc4)cc3)CC(O)C2)cc1. The number of carbonyl (C=O) groups is 1. The third-order valence-electron chi connectivity index (χ3n) is 5.77. The summed E-state index contributed by atoms with van der Waals surface area (Å²) >= 11 is 0. The third kappa shape index (κ3) is 4.10. The highest BCUT2D eigenvalue weighted by atomic mass is 16.5. The summed E-state index contributed by atoms with van der Waals surface area (Å²) in [4.78, 5) is 11.9. The van der Waals surface area contributed by atoms with E-state index in [0.717, 1.165) is 22.4 Å². The van der Waals surface area contributed by atoms with Crippen molar-refractivity contribution >= 4 is 5.97 Å². The van der Waals surface area contributed by atoms with Crippen molar-refractivity contribution in [3.8, 4) is 5.75 Å². The zero-order chi connectivity index (χ0) is 21.0. The van der Waals surface area contributed by atoms with Crippen LogP contribution in [0.3, 0.4) is 0 Å². The molecule has 1 N–H and O–H groups in total. The quantitative estimate of drug-likeness (QED) is 0.572. The molecular weight excluding hydrogens is 376 g/mol. The molecule has 1 saturated carbocycles. The molecule has 0 aromatic heterocycles. The van der Waals surface area contributed by atoms with Crippen molar-refractivity contribution in [3.63, 3.8) is 0 Å². The van der Waals surface area contributed by atoms with Gasteiger partial charge in [0.2, 0.25) is 0 Å². The molecule has 0 unspecified atom stereocenters. The Hall–Kier alpha value is -3.11. The fourth-order valence-electron chi connectivity index (χ4n) is 4.13. The maximum Gasteiger partial charge on any atom is 0.338 e. The van der Waals surface area contributed by atoms with Crippen LogP contribution in [0.4, 0.5) is 0 Å². The zero-order valence-corrected chi connectivity index (χ0v) is 17.1. The third-order valence-corrected chi connectivity index (χ3v) is 5.77. The molecule has 0 aliphatic heterocycles. The van der Waals surface area contributed by atoms with Crippen LogP contribution in [0.25, 0.3) is 0 Å². The molecule has 1 aliphatic rings. The molecule has 0 heterocycles. The number of rotatable bonds is 7. The normalized spacial score (nSPS) is 20.3. The highest BCUT2D eigenvalue weighted by molar-refractivity contribution is 5.89. The molecule has 4 rings (SSSR count). The Morgan fingerprint density at radius 1 is 0.933 bits per heavy atom. The molecular formula is C26H26O4. The van der Waals surface area contributed by atoms with Gasteiger partial charge < -0.3 is 14.6 Å². The molecule has 0 saturated heterocycles. The van der Waals surface area contributed by atoms with E-state index in [2.05, 4.69) is 12.1 Å². The molecule has 1 fully saturated rings. The number of aliphatic hydroxyl groups excluding tert-OH is 1. The minimum absolute atomic E-state index is 0.245. The van der Waals surface area contributed by atoms with E-state index in [1.165, 1.54) is 0 Å². The molecule has 0 atom stereocenters. The fourth-order valence-corrected chi connectivity index (χ4v) is 4.13. The van der Waals surface area contributed by atoms with E-state index in [1.54, 1.807) is 19.1 Å². The van der Waals surface area contributed by atoms with Crippen molar-refractivity contribution in [1.29, 1.82) is 0 Å². The van der Waals surface area contributed by atoms with Crippen LogP contribution in [0.15, 0.2) is 78.9 Å². The predicted molar refractivity (Wildman–Crippen MR) is 116 cm³/mol. The van der Waals surface area contributed by atoms with Gasteiger partial charge in [-0.25, -0.2) is 4.79 Å². The highest BCUT2D eigenvalue weighted by Gasteiger charge is 2.46. The molecule has 3 aromatic carbocycles. The summed E-state index contributed by atoms with van der Waals surface area (Å²) in [6.07, 6.45) is 1.01. The summed E-state index contributed by atoms with van der Waals surface area (Å²) in [7, 11) is 0. The number of hydrogen-bond acceptors (Lipinski definition) is 4. The van der Waals surface area contributed by atoms with Gasteiger partial charge in [0.25, 0.3) is 0 Å². The average molecular weight is 402 g/mol. The summed E-state index contributed by atoms with van der Waals surface area (Å²) in [6, 6.07) is 25.7. The molecule has 30 heavy (non-hydrogen) atoms. The van der Waals surface area contributed by atoms with Crippen molar-refractivity contribution in [3.05, 3.63) is 101 Å². The minimum atomic E-state index is -0.316. The number of carbonyl (C=O) groups excluding carboxylic acids is 1. The number of hydrogen-bond donors (Lipinski definition) is 1. The standard InChI is InChI=1S/C26H26O4/c1-2-29-25(28)20-8-10-21(11-9-20)26(16-23(27)17-26)22-12-14-24(15-13-22)30-18-19-6-4-3-5-7-19/h3-15,23,27H,2,16-18H2,1H3. The molecule has 0 radical (unpaired) electrons. The first kappa shape index (κ1) is 20.2. The minimum Gasteiger partial charge on any atom is -0.489 e. The summed E-state index contributed by atoms with van der Waals surface area (Å²) < 4.78 is 11.0. The lowest BCUT2D eigenvalue weighted by atomic mass is 9.59. The van der Waals surface area contributed by atoms with Gasteiger partial charge >= 0.3 is 5.97 Å². The average Bonchev–Trinajstić information content (AvgIpc) is 2.77. The van der Waals surface area contributed by atoms with Crippen molar-refractivity contribution in [1.82, 2.24) is 0 Å². The van der Waals surface area contributed by atoms with Gasteiger partial charge in [0.1, 0.15) is 12.4 Å². The summed E-state index contributed by atoms with van der Waals surface area (Å²) in [5.74, 6) is 0.502. The van der Waals surface area contributed by atoms with Crippen LogP contribution in [-0.4, -0.2) is 23.8 Å². The van der Waals surface area contributed by atoms with E-state index in [0.29, 0.717) is 31.6 Å². The lowest BCUT2D eigenvalue weighted by Gasteiger charge is -2.46. The Morgan fingerprint density at radius 3 is 2.10 bits per heavy atom. The lowest BCUT2D eigenvalue weighted by Crippen LogP contribution is -2.45. The Morgan fingerprint density at radius 2 is 1.53 bits per heavy atom. The molecule has 154 valence electrons. The second kappa shape index (κ2) is 8.72. The smallest absolute Gasteiger partial charge is 0.338 e. The van der Waals surface area contributed by atoms with E-state index < -0.39 is 0 Å². The van der Waals surface area contributed by atoms with Gasteiger partial charge in [-0.05, 0) is 60.7 Å². The van der Waals surface area contributed by atoms with Crippen molar-refractivity contribution in [2.24, 2.45) is 0 Å². The predicted octanol–water partition coefficient (Wildman–Crippen LogP) is 4.88. The fraction of sp³-hybridized carbons (Fsp3) is 0.269. The Kier molecular flexibility index (Phi) is 5.86. The van der Waals surface area contributed by atoms with Crippen LogP contribution < -0.4 is 4.74 Å².